The number of aromatic nitrogens is 4. The molecule has 0 N–H and O–H groups in total. The van der Waals surface area contributed by atoms with Crippen LogP contribution in [0.3, 0.4) is 0 Å². The Hall–Kier alpha value is -2.37. The predicted molar refractivity (Wildman–Crippen MR) is 85.9 cm³/mol. The van der Waals surface area contributed by atoms with E-state index in [1.165, 1.54) is 0 Å². The van der Waals surface area contributed by atoms with E-state index in [1.807, 2.05) is 38.7 Å². The number of hydrogen-bond donors (Lipinski definition) is 0. The smallest absolute Gasteiger partial charge is 0.274 e. The van der Waals surface area contributed by atoms with Crippen LogP contribution in [0.2, 0.25) is 0 Å². The Morgan fingerprint density at radius 1 is 1.09 bits per heavy atom. The standard InChI is InChI=1S/C17H21N5O/c1-11-8-12(2)21-16(20-11)17(4)6-5-7-22(17)15(23)14-10-18-13(3)9-19-14/h8-10H,5-7H2,1-4H3/t17-/m1/s1. The maximum Gasteiger partial charge on any atom is 0.274 e. The molecule has 2 aromatic heterocycles. The molecule has 1 aliphatic heterocycles. The molecule has 23 heavy (non-hydrogen) atoms. The van der Waals surface area contributed by atoms with Crippen molar-refractivity contribution >= 4 is 5.91 Å². The summed E-state index contributed by atoms with van der Waals surface area (Å²) in [7, 11) is 0. The van der Waals surface area contributed by atoms with Gasteiger partial charge in [0.1, 0.15) is 11.2 Å². The molecule has 1 aliphatic rings. The minimum absolute atomic E-state index is 0.111. The largest absolute Gasteiger partial charge is 0.325 e. The molecule has 2 aromatic rings. The quantitative estimate of drug-likeness (QED) is 0.851. The predicted octanol–water partition coefficient (Wildman–Crippen LogP) is 2.34. The van der Waals surface area contributed by atoms with E-state index in [4.69, 9.17) is 0 Å². The third-order valence-corrected chi connectivity index (χ3v) is 4.35. The lowest BCUT2D eigenvalue weighted by Crippen LogP contribution is -2.44. The van der Waals surface area contributed by atoms with Crippen LogP contribution >= 0.6 is 0 Å². The summed E-state index contributed by atoms with van der Waals surface area (Å²) in [6.45, 7) is 8.47. The lowest BCUT2D eigenvalue weighted by Gasteiger charge is -2.34. The van der Waals surface area contributed by atoms with Gasteiger partial charge in [0, 0.05) is 24.1 Å². The first kappa shape index (κ1) is 15.5. The second-order valence-electron chi connectivity index (χ2n) is 6.35. The molecule has 1 amide bonds. The van der Waals surface area contributed by atoms with Gasteiger partial charge in [0.25, 0.3) is 5.91 Å². The highest BCUT2D eigenvalue weighted by Crippen LogP contribution is 2.37. The normalized spacial score (nSPS) is 20.8. The van der Waals surface area contributed by atoms with E-state index in [-0.39, 0.29) is 5.91 Å². The van der Waals surface area contributed by atoms with E-state index < -0.39 is 5.54 Å². The molecule has 0 aromatic carbocycles. The molecule has 6 heteroatoms. The summed E-state index contributed by atoms with van der Waals surface area (Å²) in [5.74, 6) is 0.598. The molecule has 120 valence electrons. The fourth-order valence-electron chi connectivity index (χ4n) is 3.13. The molecule has 3 rings (SSSR count). The van der Waals surface area contributed by atoms with Gasteiger partial charge in [-0.1, -0.05) is 0 Å². The van der Waals surface area contributed by atoms with Crippen molar-refractivity contribution in [1.29, 1.82) is 0 Å². The highest BCUT2D eigenvalue weighted by molar-refractivity contribution is 5.92. The highest BCUT2D eigenvalue weighted by atomic mass is 16.2. The van der Waals surface area contributed by atoms with Gasteiger partial charge in [-0.2, -0.15) is 0 Å². The van der Waals surface area contributed by atoms with Crippen LogP contribution in [0, 0.1) is 20.8 Å². The fraction of sp³-hybridized carbons (Fsp3) is 0.471. The van der Waals surface area contributed by atoms with Gasteiger partial charge >= 0.3 is 0 Å². The van der Waals surface area contributed by atoms with Crippen LogP contribution in [0.4, 0.5) is 0 Å². The van der Waals surface area contributed by atoms with Gasteiger partial charge in [-0.15, -0.1) is 0 Å². The molecule has 0 bridgehead atoms. The monoisotopic (exact) mass is 311 g/mol. The lowest BCUT2D eigenvalue weighted by atomic mass is 9.97. The number of rotatable bonds is 2. The van der Waals surface area contributed by atoms with Gasteiger partial charge in [-0.05, 0) is 46.6 Å². The van der Waals surface area contributed by atoms with Gasteiger partial charge in [0.05, 0.1) is 11.9 Å². The van der Waals surface area contributed by atoms with Crippen molar-refractivity contribution < 1.29 is 4.79 Å². The lowest BCUT2D eigenvalue weighted by molar-refractivity contribution is 0.0596. The van der Waals surface area contributed by atoms with Crippen LogP contribution in [-0.4, -0.2) is 37.3 Å². The van der Waals surface area contributed by atoms with Crippen LogP contribution in [0.15, 0.2) is 18.5 Å². The van der Waals surface area contributed by atoms with E-state index in [0.29, 0.717) is 18.1 Å². The molecule has 1 saturated heterocycles. The van der Waals surface area contributed by atoms with Crippen molar-refractivity contribution in [3.8, 4) is 0 Å². The van der Waals surface area contributed by atoms with E-state index in [2.05, 4.69) is 19.9 Å². The summed E-state index contributed by atoms with van der Waals surface area (Å²) in [6, 6.07) is 1.94. The van der Waals surface area contributed by atoms with E-state index in [1.54, 1.807) is 12.4 Å². The topological polar surface area (TPSA) is 71.9 Å². The van der Waals surface area contributed by atoms with Crippen molar-refractivity contribution in [1.82, 2.24) is 24.8 Å². The van der Waals surface area contributed by atoms with Gasteiger partial charge in [-0.25, -0.2) is 15.0 Å². The van der Waals surface area contributed by atoms with Crippen LogP contribution in [0.25, 0.3) is 0 Å². The van der Waals surface area contributed by atoms with Gasteiger partial charge < -0.3 is 4.90 Å². The van der Waals surface area contributed by atoms with Crippen molar-refractivity contribution in [2.24, 2.45) is 0 Å². The first-order chi connectivity index (χ1) is 10.9. The Balaban J connectivity index is 1.98. The van der Waals surface area contributed by atoms with Crippen molar-refractivity contribution in [2.75, 3.05) is 6.54 Å². The molecule has 0 saturated carbocycles. The average molecular weight is 311 g/mol. The molecular weight excluding hydrogens is 290 g/mol. The second kappa shape index (κ2) is 5.68. The summed E-state index contributed by atoms with van der Waals surface area (Å²) in [6.07, 6.45) is 4.94. The van der Waals surface area contributed by atoms with E-state index >= 15 is 0 Å². The third kappa shape index (κ3) is 2.81. The number of carbonyl (C=O) groups is 1. The van der Waals surface area contributed by atoms with E-state index in [0.717, 1.165) is 29.9 Å². The second-order valence-corrected chi connectivity index (χ2v) is 6.35. The number of likely N-dealkylation sites (tertiary alicyclic amines) is 1. The zero-order valence-electron chi connectivity index (χ0n) is 14.0. The van der Waals surface area contributed by atoms with Gasteiger partial charge in [0.15, 0.2) is 5.82 Å². The molecule has 0 aliphatic carbocycles. The average Bonchev–Trinajstić information content (AvgIpc) is 2.89. The molecule has 1 atom stereocenters. The Bertz CT molecular complexity index is 723. The molecule has 0 spiro atoms. The van der Waals surface area contributed by atoms with Gasteiger partial charge in [0.2, 0.25) is 0 Å². The molecule has 3 heterocycles. The van der Waals surface area contributed by atoms with Crippen LogP contribution in [0.5, 0.6) is 0 Å². The number of hydrogen-bond acceptors (Lipinski definition) is 5. The summed E-state index contributed by atoms with van der Waals surface area (Å²) < 4.78 is 0. The first-order valence-electron chi connectivity index (χ1n) is 7.83. The summed E-state index contributed by atoms with van der Waals surface area (Å²) in [4.78, 5) is 32.3. The number of nitrogens with zero attached hydrogens (tertiary/aromatic N) is 5. The van der Waals surface area contributed by atoms with Gasteiger partial charge in [-0.3, -0.25) is 9.78 Å². The maximum atomic E-state index is 12.9. The summed E-state index contributed by atoms with van der Waals surface area (Å²) >= 11 is 0. The Labute approximate surface area is 136 Å². The number of carbonyl (C=O) groups excluding carboxylic acids is 1. The van der Waals surface area contributed by atoms with E-state index in [9.17, 15) is 4.79 Å². The SMILES string of the molecule is Cc1cnc(C(=O)N2CCC[C@]2(C)c2nc(C)cc(C)n2)cn1. The highest BCUT2D eigenvalue weighted by Gasteiger charge is 2.44. The Morgan fingerprint density at radius 2 is 1.78 bits per heavy atom. The fourth-order valence-corrected chi connectivity index (χ4v) is 3.13. The van der Waals surface area contributed by atoms with Crippen LogP contribution < -0.4 is 0 Å². The molecule has 0 unspecified atom stereocenters. The minimum Gasteiger partial charge on any atom is -0.325 e. The van der Waals surface area contributed by atoms with Crippen LogP contribution in [0.1, 0.15) is 53.2 Å². The molecule has 1 fully saturated rings. The van der Waals surface area contributed by atoms with Crippen molar-refractivity contribution in [2.45, 2.75) is 46.1 Å². The van der Waals surface area contributed by atoms with Crippen molar-refractivity contribution in [3.05, 3.63) is 47.1 Å². The summed E-state index contributed by atoms with van der Waals surface area (Å²) in [5, 5.41) is 0. The zero-order valence-corrected chi connectivity index (χ0v) is 14.0. The minimum atomic E-state index is -0.500. The van der Waals surface area contributed by atoms with Crippen LogP contribution in [-0.2, 0) is 5.54 Å². The van der Waals surface area contributed by atoms with Crippen molar-refractivity contribution in [3.63, 3.8) is 0 Å². The number of amides is 1. The maximum absolute atomic E-state index is 12.9. The Kier molecular flexibility index (Phi) is 3.83. The molecule has 0 radical (unpaired) electrons. The Morgan fingerprint density at radius 3 is 2.39 bits per heavy atom. The molecular formula is C17H21N5O. The third-order valence-electron chi connectivity index (χ3n) is 4.35. The molecule has 6 nitrogen and oxygen atoms in total. The zero-order chi connectivity index (χ0) is 16.6. The summed E-state index contributed by atoms with van der Waals surface area (Å²) in [5.41, 5.74) is 2.50. The number of aryl methyl sites for hydroxylation is 3. The first-order valence-corrected chi connectivity index (χ1v) is 7.83.